The zero-order valence-electron chi connectivity index (χ0n) is 18.5. The van der Waals surface area contributed by atoms with E-state index in [1.165, 1.54) is 0 Å². The number of hydrogen-bond donors (Lipinski definition) is 2. The quantitative estimate of drug-likeness (QED) is 0.635. The van der Waals surface area contributed by atoms with Crippen LogP contribution < -0.4 is 5.32 Å². The third-order valence-electron chi connectivity index (χ3n) is 6.93. The average Bonchev–Trinajstić information content (AvgIpc) is 3.47. The van der Waals surface area contributed by atoms with Crippen LogP contribution in [0.5, 0.6) is 0 Å². The number of nitrogens with zero attached hydrogens (tertiary/aromatic N) is 1. The van der Waals surface area contributed by atoms with E-state index in [9.17, 15) is 13.2 Å². The van der Waals surface area contributed by atoms with Crippen molar-refractivity contribution in [1.82, 2.24) is 15.2 Å². The average molecular weight is 452 g/mol. The van der Waals surface area contributed by atoms with Crippen molar-refractivity contribution in [3.8, 4) is 0 Å². The summed E-state index contributed by atoms with van der Waals surface area (Å²) in [6, 6.07) is 14.8. The largest absolute Gasteiger partial charge is 0.357 e. The highest BCUT2D eigenvalue weighted by Gasteiger charge is 2.35. The van der Waals surface area contributed by atoms with E-state index in [1.807, 2.05) is 30.3 Å². The topological polar surface area (TPSA) is 82.3 Å². The van der Waals surface area contributed by atoms with Crippen LogP contribution in [0.15, 0.2) is 53.4 Å². The number of H-pyrrole nitrogens is 1. The Hall–Kier alpha value is -2.64. The van der Waals surface area contributed by atoms with Gasteiger partial charge in [0.15, 0.2) is 9.84 Å². The zero-order valence-corrected chi connectivity index (χ0v) is 19.3. The lowest BCUT2D eigenvalue weighted by Gasteiger charge is -2.32. The van der Waals surface area contributed by atoms with Crippen LogP contribution in [-0.4, -0.2) is 49.6 Å². The Balaban J connectivity index is 1.54. The minimum atomic E-state index is -3.29. The third kappa shape index (κ3) is 3.53. The van der Waals surface area contributed by atoms with E-state index < -0.39 is 9.84 Å². The first-order valence-electron chi connectivity index (χ1n) is 11.3. The van der Waals surface area contributed by atoms with E-state index in [2.05, 4.69) is 16.4 Å². The summed E-state index contributed by atoms with van der Waals surface area (Å²) in [4.78, 5) is 18.4. The van der Waals surface area contributed by atoms with Crippen molar-refractivity contribution in [3.05, 3.63) is 65.4 Å². The summed E-state index contributed by atoms with van der Waals surface area (Å²) in [7, 11) is 0.249. The van der Waals surface area contributed by atoms with Crippen LogP contribution >= 0.6 is 0 Å². The molecule has 0 unspecified atom stereocenters. The highest BCUT2D eigenvalue weighted by molar-refractivity contribution is 7.92. The highest BCUT2D eigenvalue weighted by atomic mass is 32.2. The summed E-state index contributed by atoms with van der Waals surface area (Å²) in [5.41, 5.74) is 4.18. The number of nitrogens with one attached hydrogen (secondary N) is 2. The monoisotopic (exact) mass is 451 g/mol. The van der Waals surface area contributed by atoms with Crippen molar-refractivity contribution in [3.63, 3.8) is 0 Å². The van der Waals surface area contributed by atoms with Gasteiger partial charge in [0.25, 0.3) is 0 Å². The number of sulfone groups is 1. The van der Waals surface area contributed by atoms with E-state index in [-0.39, 0.29) is 23.2 Å². The summed E-state index contributed by atoms with van der Waals surface area (Å²) in [6.45, 7) is 0. The number of hydrogen-bond acceptors (Lipinski definition) is 4. The van der Waals surface area contributed by atoms with Gasteiger partial charge in [-0.15, -0.1) is 0 Å². The second-order valence-electron chi connectivity index (χ2n) is 9.17. The highest BCUT2D eigenvalue weighted by Crippen LogP contribution is 2.36. The number of amides is 1. The number of benzene rings is 2. The molecule has 0 saturated heterocycles. The summed E-state index contributed by atoms with van der Waals surface area (Å²) in [6.07, 6.45) is 4.08. The molecule has 1 aromatic heterocycles. The van der Waals surface area contributed by atoms with Crippen LogP contribution in [0, 0.1) is 0 Å². The molecule has 32 heavy (non-hydrogen) atoms. The molecule has 2 aliphatic rings. The minimum absolute atomic E-state index is 0.0337. The Morgan fingerprint density at radius 3 is 2.38 bits per heavy atom. The van der Waals surface area contributed by atoms with E-state index in [4.69, 9.17) is 0 Å². The summed E-state index contributed by atoms with van der Waals surface area (Å²) in [5.74, 6) is 0.0337. The molecule has 1 aliphatic carbocycles. The van der Waals surface area contributed by atoms with E-state index in [0.717, 1.165) is 53.4 Å². The van der Waals surface area contributed by atoms with Crippen LogP contribution in [-0.2, 0) is 21.1 Å². The Kier molecular flexibility index (Phi) is 5.34. The van der Waals surface area contributed by atoms with Crippen LogP contribution in [0.4, 0.5) is 0 Å². The molecule has 168 valence electrons. The maximum Gasteiger partial charge on any atom is 0.239 e. The lowest BCUT2D eigenvalue weighted by atomic mass is 9.90. The molecule has 7 heteroatoms. The Morgan fingerprint density at radius 1 is 1.00 bits per heavy atom. The van der Waals surface area contributed by atoms with Gasteiger partial charge in [-0.25, -0.2) is 8.42 Å². The van der Waals surface area contributed by atoms with Gasteiger partial charge in [-0.05, 0) is 48.6 Å². The van der Waals surface area contributed by atoms with Crippen molar-refractivity contribution >= 4 is 26.6 Å². The fraction of sp³-hybridized carbons (Fsp3) is 0.400. The SMILES string of the molecule is CN(C)C(=O)[C@H]1Cc2c([nH]c3ccccc23)[C@H](c2ccc(S(=O)(=O)C3CCCC3)cc2)N1. The second-order valence-corrected chi connectivity index (χ2v) is 11.4. The summed E-state index contributed by atoms with van der Waals surface area (Å²) >= 11 is 0. The van der Waals surface area contributed by atoms with Crippen molar-refractivity contribution in [2.75, 3.05) is 14.1 Å². The number of rotatable bonds is 4. The number of fused-ring (bicyclic) bond motifs is 3. The standard InChI is InChI=1S/C25H29N3O3S/c1-28(2)25(29)22-15-20-19-9-5-6-10-21(19)26-24(20)23(27-22)16-11-13-18(14-12-16)32(30,31)17-7-3-4-8-17/h5-6,9-14,17,22-23,26-27H,3-4,7-8,15H2,1-2H3/t22-,23+/m1/s1. The Morgan fingerprint density at radius 2 is 1.69 bits per heavy atom. The molecule has 2 N–H and O–H groups in total. The first kappa shape index (κ1) is 21.2. The molecule has 2 atom stereocenters. The predicted molar refractivity (Wildman–Crippen MR) is 125 cm³/mol. The Bertz CT molecular complexity index is 1260. The number of likely N-dealkylation sites (N-methyl/N-ethyl adjacent to an activating group) is 1. The van der Waals surface area contributed by atoms with Gasteiger partial charge in [-0.2, -0.15) is 0 Å². The molecule has 0 bridgehead atoms. The molecular weight excluding hydrogens is 422 g/mol. The third-order valence-corrected chi connectivity index (χ3v) is 9.21. The lowest BCUT2D eigenvalue weighted by molar-refractivity contribution is -0.131. The fourth-order valence-electron chi connectivity index (χ4n) is 5.21. The number of carbonyl (C=O) groups is 1. The van der Waals surface area contributed by atoms with Gasteiger partial charge in [0.05, 0.1) is 22.2 Å². The van der Waals surface area contributed by atoms with E-state index in [0.29, 0.717) is 11.3 Å². The fourth-order valence-corrected chi connectivity index (χ4v) is 7.06. The molecule has 0 radical (unpaired) electrons. The molecule has 0 spiro atoms. The zero-order chi connectivity index (χ0) is 22.5. The molecule has 1 amide bonds. The maximum atomic E-state index is 13.0. The van der Waals surface area contributed by atoms with Gasteiger partial charge < -0.3 is 9.88 Å². The minimum Gasteiger partial charge on any atom is -0.357 e. The van der Waals surface area contributed by atoms with Crippen molar-refractivity contribution < 1.29 is 13.2 Å². The smallest absolute Gasteiger partial charge is 0.239 e. The van der Waals surface area contributed by atoms with Crippen molar-refractivity contribution in [1.29, 1.82) is 0 Å². The number of aromatic amines is 1. The van der Waals surface area contributed by atoms with Crippen LogP contribution in [0.2, 0.25) is 0 Å². The van der Waals surface area contributed by atoms with Gasteiger partial charge in [-0.1, -0.05) is 43.2 Å². The lowest BCUT2D eigenvalue weighted by Crippen LogP contribution is -2.49. The van der Waals surface area contributed by atoms with E-state index in [1.54, 1.807) is 31.1 Å². The van der Waals surface area contributed by atoms with Crippen molar-refractivity contribution in [2.24, 2.45) is 0 Å². The van der Waals surface area contributed by atoms with Gasteiger partial charge in [0.2, 0.25) is 5.91 Å². The number of para-hydroxylation sites is 1. The second kappa shape index (κ2) is 8.05. The van der Waals surface area contributed by atoms with Gasteiger partial charge in [0.1, 0.15) is 0 Å². The molecule has 6 nitrogen and oxygen atoms in total. The first-order valence-corrected chi connectivity index (χ1v) is 12.8. The number of carbonyl (C=O) groups excluding carboxylic acids is 1. The summed E-state index contributed by atoms with van der Waals surface area (Å²) < 4.78 is 26.0. The van der Waals surface area contributed by atoms with Gasteiger partial charge >= 0.3 is 0 Å². The molecule has 2 heterocycles. The number of aromatic nitrogens is 1. The van der Waals surface area contributed by atoms with E-state index >= 15 is 0 Å². The van der Waals surface area contributed by atoms with Crippen molar-refractivity contribution in [2.45, 2.75) is 54.3 Å². The maximum absolute atomic E-state index is 13.0. The molecule has 2 aromatic carbocycles. The van der Waals surface area contributed by atoms with Crippen LogP contribution in [0.3, 0.4) is 0 Å². The summed E-state index contributed by atoms with van der Waals surface area (Å²) in [5, 5.41) is 4.38. The predicted octanol–water partition coefficient (Wildman–Crippen LogP) is 3.58. The van der Waals surface area contributed by atoms with Crippen LogP contribution in [0.25, 0.3) is 10.9 Å². The van der Waals surface area contributed by atoms with Gasteiger partial charge in [-0.3, -0.25) is 10.1 Å². The Labute approximate surface area is 188 Å². The molecular formula is C25H29N3O3S. The molecule has 1 aliphatic heterocycles. The molecule has 1 saturated carbocycles. The van der Waals surface area contributed by atoms with Gasteiger partial charge in [0, 0.05) is 30.7 Å². The molecule has 1 fully saturated rings. The first-order chi connectivity index (χ1) is 15.4. The molecule has 3 aromatic rings. The van der Waals surface area contributed by atoms with Crippen LogP contribution in [0.1, 0.15) is 48.5 Å². The normalized spacial score (nSPS) is 21.6. The molecule has 5 rings (SSSR count).